The summed E-state index contributed by atoms with van der Waals surface area (Å²) in [7, 11) is 0. The minimum atomic E-state index is -0.580. The highest BCUT2D eigenvalue weighted by Crippen LogP contribution is 2.25. The van der Waals surface area contributed by atoms with Gasteiger partial charge in [0.25, 0.3) is 0 Å². The maximum absolute atomic E-state index is 11.8. The van der Waals surface area contributed by atoms with Gasteiger partial charge in [0, 0.05) is 19.1 Å². The van der Waals surface area contributed by atoms with E-state index in [4.69, 9.17) is 5.73 Å². The molecule has 1 rings (SSSR count). The number of primary amides is 1. The lowest BCUT2D eigenvalue weighted by Crippen LogP contribution is -2.55. The third-order valence-electron chi connectivity index (χ3n) is 4.65. The van der Waals surface area contributed by atoms with Gasteiger partial charge in [0.1, 0.15) is 0 Å². The smallest absolute Gasteiger partial charge is 0.237 e. The van der Waals surface area contributed by atoms with Gasteiger partial charge >= 0.3 is 0 Å². The zero-order chi connectivity index (χ0) is 15.9. The van der Waals surface area contributed by atoms with E-state index in [1.54, 1.807) is 0 Å². The van der Waals surface area contributed by atoms with Crippen LogP contribution in [0.5, 0.6) is 0 Å². The van der Waals surface area contributed by atoms with E-state index in [9.17, 15) is 4.79 Å². The monoisotopic (exact) mass is 297 g/mol. The van der Waals surface area contributed by atoms with Gasteiger partial charge in [-0.05, 0) is 45.1 Å². The average Bonchev–Trinajstić information content (AvgIpc) is 2.94. The highest BCUT2D eigenvalue weighted by atomic mass is 16.1. The number of rotatable bonds is 10. The van der Waals surface area contributed by atoms with Gasteiger partial charge in [0.15, 0.2) is 0 Å². The molecule has 1 atom stereocenters. The van der Waals surface area contributed by atoms with Gasteiger partial charge in [0.05, 0.1) is 5.54 Å². The van der Waals surface area contributed by atoms with Crippen molar-refractivity contribution in [3.8, 4) is 0 Å². The summed E-state index contributed by atoms with van der Waals surface area (Å²) in [5.41, 5.74) is 5.05. The van der Waals surface area contributed by atoms with E-state index in [0.717, 1.165) is 32.5 Å². The molecule has 0 aliphatic heterocycles. The quantitative estimate of drug-likeness (QED) is 0.651. The molecular weight excluding hydrogens is 262 g/mol. The van der Waals surface area contributed by atoms with Crippen LogP contribution in [0.1, 0.15) is 66.2 Å². The van der Waals surface area contributed by atoms with Crippen molar-refractivity contribution in [2.45, 2.75) is 77.8 Å². The molecule has 0 radical (unpaired) electrons. The van der Waals surface area contributed by atoms with Gasteiger partial charge < -0.3 is 16.0 Å². The third kappa shape index (κ3) is 5.95. The van der Waals surface area contributed by atoms with Crippen LogP contribution in [0.15, 0.2) is 0 Å². The van der Waals surface area contributed by atoms with Crippen molar-refractivity contribution in [3.63, 3.8) is 0 Å². The standard InChI is InChI=1S/C17H35N3O/c1-5-11-19-17(4,16(18)21)10-12-20(13-14(2)3)15-8-6-7-9-15/h14-15,19H,5-13H2,1-4H3,(H2,18,21). The van der Waals surface area contributed by atoms with Crippen LogP contribution in [0.2, 0.25) is 0 Å². The maximum Gasteiger partial charge on any atom is 0.237 e. The predicted molar refractivity (Wildman–Crippen MR) is 89.2 cm³/mol. The van der Waals surface area contributed by atoms with Gasteiger partial charge in [-0.25, -0.2) is 0 Å². The van der Waals surface area contributed by atoms with Crippen LogP contribution in [-0.4, -0.2) is 42.0 Å². The Kier molecular flexibility index (Phi) is 7.67. The fourth-order valence-corrected chi connectivity index (χ4v) is 3.23. The van der Waals surface area contributed by atoms with Gasteiger partial charge in [-0.2, -0.15) is 0 Å². The Balaban J connectivity index is 2.61. The van der Waals surface area contributed by atoms with E-state index >= 15 is 0 Å². The minimum absolute atomic E-state index is 0.230. The first-order valence-corrected chi connectivity index (χ1v) is 8.68. The fraction of sp³-hybridized carbons (Fsp3) is 0.941. The van der Waals surface area contributed by atoms with Gasteiger partial charge in [-0.15, -0.1) is 0 Å². The topological polar surface area (TPSA) is 58.4 Å². The minimum Gasteiger partial charge on any atom is -0.368 e. The zero-order valence-electron chi connectivity index (χ0n) is 14.5. The Morgan fingerprint density at radius 1 is 1.38 bits per heavy atom. The lowest BCUT2D eigenvalue weighted by Gasteiger charge is -2.35. The lowest BCUT2D eigenvalue weighted by molar-refractivity contribution is -0.124. The van der Waals surface area contributed by atoms with Crippen LogP contribution in [0.25, 0.3) is 0 Å². The van der Waals surface area contributed by atoms with Crippen LogP contribution in [0, 0.1) is 5.92 Å². The number of amides is 1. The van der Waals surface area contributed by atoms with Crippen LogP contribution >= 0.6 is 0 Å². The first kappa shape index (κ1) is 18.4. The van der Waals surface area contributed by atoms with E-state index in [-0.39, 0.29) is 5.91 Å². The van der Waals surface area contributed by atoms with Crippen molar-refractivity contribution in [3.05, 3.63) is 0 Å². The fourth-order valence-electron chi connectivity index (χ4n) is 3.23. The van der Waals surface area contributed by atoms with Crippen molar-refractivity contribution in [2.75, 3.05) is 19.6 Å². The molecule has 4 heteroatoms. The Labute approximate surface area is 130 Å². The molecule has 1 amide bonds. The molecule has 0 heterocycles. The third-order valence-corrected chi connectivity index (χ3v) is 4.65. The van der Waals surface area contributed by atoms with E-state index in [1.165, 1.54) is 25.7 Å². The summed E-state index contributed by atoms with van der Waals surface area (Å²) in [6.45, 7) is 11.5. The Morgan fingerprint density at radius 3 is 2.48 bits per heavy atom. The molecule has 1 aliphatic carbocycles. The van der Waals surface area contributed by atoms with E-state index in [2.05, 4.69) is 31.0 Å². The molecule has 1 saturated carbocycles. The second-order valence-corrected chi connectivity index (χ2v) is 7.20. The van der Waals surface area contributed by atoms with Crippen molar-refractivity contribution in [1.29, 1.82) is 0 Å². The van der Waals surface area contributed by atoms with Gasteiger partial charge in [0.2, 0.25) is 5.91 Å². The number of nitrogens with one attached hydrogen (secondary N) is 1. The van der Waals surface area contributed by atoms with Crippen LogP contribution in [0.3, 0.4) is 0 Å². The molecule has 1 fully saturated rings. The van der Waals surface area contributed by atoms with Gasteiger partial charge in [-0.1, -0.05) is 33.6 Å². The molecule has 4 nitrogen and oxygen atoms in total. The summed E-state index contributed by atoms with van der Waals surface area (Å²) in [5, 5.41) is 3.34. The lowest BCUT2D eigenvalue weighted by atomic mass is 9.95. The predicted octanol–water partition coefficient (Wildman–Crippen LogP) is 2.52. The largest absolute Gasteiger partial charge is 0.368 e. The molecule has 1 unspecified atom stereocenters. The van der Waals surface area contributed by atoms with Crippen LogP contribution < -0.4 is 11.1 Å². The SMILES string of the molecule is CCCNC(C)(CCN(CC(C)C)C1CCCC1)C(N)=O. The Morgan fingerprint density at radius 2 is 2.00 bits per heavy atom. The zero-order valence-corrected chi connectivity index (χ0v) is 14.5. The van der Waals surface area contributed by atoms with E-state index < -0.39 is 5.54 Å². The number of carbonyl (C=O) groups is 1. The molecule has 0 bridgehead atoms. The maximum atomic E-state index is 11.8. The second kappa shape index (κ2) is 8.74. The number of hydrogen-bond donors (Lipinski definition) is 2. The first-order chi connectivity index (χ1) is 9.89. The number of hydrogen-bond acceptors (Lipinski definition) is 3. The summed E-state index contributed by atoms with van der Waals surface area (Å²) in [6.07, 6.45) is 7.12. The summed E-state index contributed by atoms with van der Waals surface area (Å²) in [4.78, 5) is 14.4. The molecule has 0 aromatic rings. The normalized spacial score (nSPS) is 19.3. The summed E-state index contributed by atoms with van der Waals surface area (Å²) < 4.78 is 0. The summed E-state index contributed by atoms with van der Waals surface area (Å²) >= 11 is 0. The highest BCUT2D eigenvalue weighted by Gasteiger charge is 2.32. The number of carbonyl (C=O) groups excluding carboxylic acids is 1. The Hall–Kier alpha value is -0.610. The van der Waals surface area contributed by atoms with Gasteiger partial charge in [-0.3, -0.25) is 4.79 Å². The van der Waals surface area contributed by atoms with Crippen LogP contribution in [0.4, 0.5) is 0 Å². The molecule has 0 aromatic carbocycles. The highest BCUT2D eigenvalue weighted by molar-refractivity contribution is 5.84. The molecule has 21 heavy (non-hydrogen) atoms. The van der Waals surface area contributed by atoms with Crippen molar-refractivity contribution in [1.82, 2.24) is 10.2 Å². The molecule has 0 saturated heterocycles. The molecule has 0 aromatic heterocycles. The molecule has 0 spiro atoms. The van der Waals surface area contributed by atoms with Crippen LogP contribution in [-0.2, 0) is 4.79 Å². The molecule has 124 valence electrons. The van der Waals surface area contributed by atoms with Crippen molar-refractivity contribution < 1.29 is 4.79 Å². The summed E-state index contributed by atoms with van der Waals surface area (Å²) in [5.74, 6) is 0.431. The summed E-state index contributed by atoms with van der Waals surface area (Å²) in [6, 6.07) is 0.704. The Bertz CT molecular complexity index is 313. The number of nitrogens with two attached hydrogens (primary N) is 1. The molecule has 1 aliphatic rings. The van der Waals surface area contributed by atoms with E-state index in [1.807, 2.05) is 6.92 Å². The molecular formula is C17H35N3O. The second-order valence-electron chi connectivity index (χ2n) is 7.20. The van der Waals surface area contributed by atoms with Crippen molar-refractivity contribution in [2.24, 2.45) is 11.7 Å². The first-order valence-electron chi connectivity index (χ1n) is 8.68. The molecule has 3 N–H and O–H groups in total. The van der Waals surface area contributed by atoms with E-state index in [0.29, 0.717) is 12.0 Å². The van der Waals surface area contributed by atoms with Crippen molar-refractivity contribution >= 4 is 5.91 Å². The number of nitrogens with zero attached hydrogens (tertiary/aromatic N) is 1. The average molecular weight is 297 g/mol.